The van der Waals surface area contributed by atoms with Gasteiger partial charge in [0.25, 0.3) is 11.6 Å². The van der Waals surface area contributed by atoms with Crippen LogP contribution >= 0.6 is 22.6 Å². The highest BCUT2D eigenvalue weighted by atomic mass is 127. The van der Waals surface area contributed by atoms with E-state index in [-0.39, 0.29) is 11.7 Å². The van der Waals surface area contributed by atoms with Gasteiger partial charge in [0.2, 0.25) is 5.88 Å². The van der Waals surface area contributed by atoms with Gasteiger partial charge in [0.15, 0.2) is 0 Å². The Labute approximate surface area is 142 Å². The molecule has 0 amide bonds. The van der Waals surface area contributed by atoms with E-state index in [0.29, 0.717) is 11.4 Å². The highest BCUT2D eigenvalue weighted by molar-refractivity contribution is 14.1. The number of hydrogen-bond acceptors (Lipinski definition) is 4. The van der Waals surface area contributed by atoms with Crippen molar-refractivity contribution in [3.8, 4) is 11.6 Å². The fourth-order valence-corrected chi connectivity index (χ4v) is 2.39. The molecule has 0 N–H and O–H groups in total. The lowest BCUT2D eigenvalue weighted by molar-refractivity contribution is -0.144. The van der Waals surface area contributed by atoms with E-state index in [1.807, 2.05) is 19.1 Å². The normalized spacial score (nSPS) is 11.9. The van der Waals surface area contributed by atoms with Gasteiger partial charge in [-0.25, -0.2) is 4.98 Å². The van der Waals surface area contributed by atoms with Crippen molar-refractivity contribution < 1.29 is 17.9 Å². The van der Waals surface area contributed by atoms with Crippen LogP contribution < -0.4 is 4.74 Å². The maximum atomic E-state index is 12.8. The monoisotopic (exact) mass is 434 g/mol. The number of halogens is 4. The maximum absolute atomic E-state index is 12.8. The van der Waals surface area contributed by atoms with E-state index in [4.69, 9.17) is 4.74 Å². The zero-order chi connectivity index (χ0) is 16.8. The lowest BCUT2D eigenvalue weighted by Crippen LogP contribution is -2.08. The summed E-state index contributed by atoms with van der Waals surface area (Å²) >= 11 is 2.09. The van der Waals surface area contributed by atoms with Crippen LogP contribution in [0.3, 0.4) is 0 Å². The van der Waals surface area contributed by atoms with Crippen molar-refractivity contribution in [2.45, 2.75) is 20.0 Å². The molecule has 3 aromatic rings. The first-order chi connectivity index (χ1) is 10.7. The number of fused-ring (bicyclic) bond motifs is 1. The van der Waals surface area contributed by atoms with Crippen molar-refractivity contribution in [3.05, 3.63) is 44.9 Å². The largest absolute Gasteiger partial charge is 0.453 e. The molecule has 0 atom stereocenters. The van der Waals surface area contributed by atoms with Crippen LogP contribution in [-0.2, 0) is 6.18 Å². The van der Waals surface area contributed by atoms with Gasteiger partial charge in [-0.05, 0) is 54.1 Å². The molecule has 0 saturated heterocycles. The predicted molar refractivity (Wildman–Crippen MR) is 84.5 cm³/mol. The molecule has 0 aliphatic heterocycles. The van der Waals surface area contributed by atoms with Crippen LogP contribution in [0.15, 0.2) is 24.3 Å². The summed E-state index contributed by atoms with van der Waals surface area (Å²) in [6.45, 7) is 3.55. The molecule has 0 aliphatic carbocycles. The molecule has 2 heterocycles. The fourth-order valence-electron chi connectivity index (χ4n) is 1.95. The third-order valence-corrected chi connectivity index (χ3v) is 3.85. The van der Waals surface area contributed by atoms with Gasteiger partial charge >= 0.3 is 6.18 Å². The molecule has 0 fully saturated rings. The van der Waals surface area contributed by atoms with Crippen molar-refractivity contribution in [1.82, 2.24) is 19.6 Å². The number of nitrogens with zero attached hydrogens (tertiary/aromatic N) is 4. The summed E-state index contributed by atoms with van der Waals surface area (Å²) in [5, 5.41) is 3.46. The summed E-state index contributed by atoms with van der Waals surface area (Å²) < 4.78 is 45.9. The fraction of sp³-hybridized carbons (Fsp3) is 0.214. The average molecular weight is 434 g/mol. The summed E-state index contributed by atoms with van der Waals surface area (Å²) in [6, 6.07) is 7.09. The highest BCUT2D eigenvalue weighted by Crippen LogP contribution is 2.30. The Morgan fingerprint density at radius 1 is 1.13 bits per heavy atom. The molecule has 5 nitrogen and oxygen atoms in total. The lowest BCUT2D eigenvalue weighted by Gasteiger charge is -2.10. The summed E-state index contributed by atoms with van der Waals surface area (Å²) in [5.41, 5.74) is 1.45. The minimum Gasteiger partial charge on any atom is -0.438 e. The van der Waals surface area contributed by atoms with Crippen molar-refractivity contribution in [1.29, 1.82) is 0 Å². The van der Waals surface area contributed by atoms with Crippen molar-refractivity contribution in [2.24, 2.45) is 0 Å². The number of alkyl halides is 3. The molecule has 0 spiro atoms. The molecule has 0 saturated carbocycles. The number of aromatic nitrogens is 4. The van der Waals surface area contributed by atoms with Crippen molar-refractivity contribution >= 4 is 28.4 Å². The Kier molecular flexibility index (Phi) is 3.90. The van der Waals surface area contributed by atoms with Gasteiger partial charge in [-0.15, -0.1) is 5.10 Å². The van der Waals surface area contributed by atoms with Gasteiger partial charge in [-0.2, -0.15) is 22.7 Å². The third-order valence-electron chi connectivity index (χ3n) is 2.96. The molecular weight excluding hydrogens is 424 g/mol. The summed E-state index contributed by atoms with van der Waals surface area (Å²) in [6.07, 6.45) is -4.64. The number of hydrogen-bond donors (Lipinski definition) is 0. The first-order valence-corrected chi connectivity index (χ1v) is 7.57. The molecule has 1 aromatic carbocycles. The molecule has 0 radical (unpaired) electrons. The van der Waals surface area contributed by atoms with E-state index in [2.05, 4.69) is 37.7 Å². The van der Waals surface area contributed by atoms with Gasteiger partial charge in [0.1, 0.15) is 5.75 Å². The zero-order valence-corrected chi connectivity index (χ0v) is 14.2. The zero-order valence-electron chi connectivity index (χ0n) is 12.0. The number of benzene rings is 1. The molecule has 2 aromatic heterocycles. The summed E-state index contributed by atoms with van der Waals surface area (Å²) in [5.74, 6) is -0.755. The van der Waals surface area contributed by atoms with Gasteiger partial charge in [-0.3, -0.25) is 0 Å². The second-order valence-corrected chi connectivity index (χ2v) is 6.08. The predicted octanol–water partition coefficient (Wildman–Crippen LogP) is 4.16. The first-order valence-electron chi connectivity index (χ1n) is 6.49. The minimum absolute atomic E-state index is 0.124. The van der Waals surface area contributed by atoms with Gasteiger partial charge < -0.3 is 4.74 Å². The second-order valence-electron chi connectivity index (χ2n) is 4.92. The molecule has 23 heavy (non-hydrogen) atoms. The van der Waals surface area contributed by atoms with Crippen LogP contribution in [0.2, 0.25) is 0 Å². The molecule has 120 valence electrons. The topological polar surface area (TPSA) is 52.3 Å². The SMILES string of the molecule is Cc1ccc(I)c(Oc2cc(C)nc3nc(C(F)(F)F)nn23)c1. The van der Waals surface area contributed by atoms with Gasteiger partial charge in [0, 0.05) is 11.8 Å². The Hall–Kier alpha value is -1.91. The summed E-state index contributed by atoms with van der Waals surface area (Å²) in [4.78, 5) is 7.38. The van der Waals surface area contributed by atoms with E-state index >= 15 is 0 Å². The lowest BCUT2D eigenvalue weighted by atomic mass is 10.2. The first kappa shape index (κ1) is 16.0. The Balaban J connectivity index is 2.13. The Morgan fingerprint density at radius 3 is 2.57 bits per heavy atom. The van der Waals surface area contributed by atoms with Gasteiger partial charge in [-0.1, -0.05) is 6.07 Å². The molecular formula is C14H10F3IN4O. The molecule has 3 rings (SSSR count). The van der Waals surface area contributed by atoms with Gasteiger partial charge in [0.05, 0.1) is 3.57 Å². The molecule has 0 unspecified atom stereocenters. The van der Waals surface area contributed by atoms with Crippen molar-refractivity contribution in [2.75, 3.05) is 0 Å². The van der Waals surface area contributed by atoms with E-state index in [9.17, 15) is 13.2 Å². The standard InChI is InChI=1S/C14H10F3IN4O/c1-7-3-4-9(18)10(5-7)23-11-6-8(2)19-13-20-12(14(15,16)17)21-22(11)13/h3-6H,1-2H3. The molecule has 9 heteroatoms. The minimum atomic E-state index is -4.64. The highest BCUT2D eigenvalue weighted by Gasteiger charge is 2.37. The van der Waals surface area contributed by atoms with E-state index < -0.39 is 12.0 Å². The third kappa shape index (κ3) is 3.23. The second kappa shape index (κ2) is 5.62. The average Bonchev–Trinajstić information content (AvgIpc) is 2.87. The molecule has 0 aliphatic rings. The van der Waals surface area contributed by atoms with E-state index in [1.165, 1.54) is 6.07 Å². The summed E-state index contributed by atoms with van der Waals surface area (Å²) in [7, 11) is 0. The van der Waals surface area contributed by atoms with Crippen LogP contribution in [0.25, 0.3) is 5.78 Å². The van der Waals surface area contributed by atoms with Crippen molar-refractivity contribution in [3.63, 3.8) is 0 Å². The number of rotatable bonds is 2. The van der Waals surface area contributed by atoms with E-state index in [1.54, 1.807) is 13.0 Å². The smallest absolute Gasteiger partial charge is 0.438 e. The van der Waals surface area contributed by atoms with Crippen LogP contribution in [0.4, 0.5) is 13.2 Å². The Bertz CT molecular complexity index is 892. The quantitative estimate of drug-likeness (QED) is 0.569. The van der Waals surface area contributed by atoms with Crippen LogP contribution in [0, 0.1) is 17.4 Å². The van der Waals surface area contributed by atoms with Crippen LogP contribution in [0.1, 0.15) is 17.1 Å². The number of ether oxygens (including phenoxy) is 1. The van der Waals surface area contributed by atoms with Crippen LogP contribution in [0.5, 0.6) is 11.6 Å². The maximum Gasteiger partial charge on any atom is 0.453 e. The Morgan fingerprint density at radius 2 is 1.87 bits per heavy atom. The molecule has 0 bridgehead atoms. The van der Waals surface area contributed by atoms with Crippen LogP contribution in [-0.4, -0.2) is 19.6 Å². The van der Waals surface area contributed by atoms with E-state index in [0.717, 1.165) is 13.6 Å². The number of aryl methyl sites for hydroxylation is 2.